The molecular formula is C26H24N6. The Balaban J connectivity index is 1.17. The van der Waals surface area contributed by atoms with E-state index in [0.29, 0.717) is 13.0 Å². The standard InChI is InChI=1S/C26H24N6/c27-26(15-17-5-7-22-19(13-17)9-11-28-22)30-12-10-25(32-26)29-16-18-6-8-24-21(14-18)20-3-1-2-4-23(20)31-24/h1-14,28-29,31-32H,15-16,27H2. The van der Waals surface area contributed by atoms with Gasteiger partial charge in [-0.3, -0.25) is 10.7 Å². The van der Waals surface area contributed by atoms with Crippen LogP contribution in [-0.2, 0) is 13.0 Å². The lowest BCUT2D eigenvalue weighted by Gasteiger charge is -2.31. The van der Waals surface area contributed by atoms with Crippen LogP contribution < -0.4 is 16.4 Å². The van der Waals surface area contributed by atoms with Gasteiger partial charge in [-0.2, -0.15) is 0 Å². The van der Waals surface area contributed by atoms with Crippen molar-refractivity contribution >= 4 is 38.9 Å². The highest BCUT2D eigenvalue weighted by molar-refractivity contribution is 6.07. The molecule has 6 N–H and O–H groups in total. The minimum Gasteiger partial charge on any atom is -0.368 e. The number of nitrogens with one attached hydrogen (secondary N) is 4. The molecule has 0 bridgehead atoms. The number of nitrogens with two attached hydrogens (primary N) is 1. The van der Waals surface area contributed by atoms with Crippen LogP contribution in [0.4, 0.5) is 0 Å². The molecule has 1 aliphatic heterocycles. The van der Waals surface area contributed by atoms with E-state index in [2.05, 4.69) is 92.3 Å². The number of aromatic amines is 2. The van der Waals surface area contributed by atoms with Crippen molar-refractivity contribution in [1.82, 2.24) is 20.6 Å². The summed E-state index contributed by atoms with van der Waals surface area (Å²) in [5.41, 5.74) is 12.4. The zero-order valence-electron chi connectivity index (χ0n) is 17.5. The SMILES string of the molecule is NC1(Cc2ccc3[nH]ccc3c2)N=CC=C(NCc2ccc3[nH]c4ccccc4c3c2)N1. The Labute approximate surface area is 185 Å². The summed E-state index contributed by atoms with van der Waals surface area (Å²) in [6.45, 7) is 0.688. The number of rotatable bonds is 5. The largest absolute Gasteiger partial charge is 0.368 e. The highest BCUT2D eigenvalue weighted by Crippen LogP contribution is 2.26. The maximum absolute atomic E-state index is 6.59. The third-order valence-corrected chi connectivity index (χ3v) is 6.04. The molecule has 158 valence electrons. The summed E-state index contributed by atoms with van der Waals surface area (Å²) in [4.78, 5) is 11.2. The summed E-state index contributed by atoms with van der Waals surface area (Å²) >= 11 is 0. The minimum absolute atomic E-state index is 0.588. The Bertz CT molecular complexity index is 1500. The van der Waals surface area contributed by atoms with E-state index in [-0.39, 0.29) is 0 Å². The number of aliphatic imine (C=N–C) groups is 1. The second kappa shape index (κ2) is 7.28. The molecule has 1 aliphatic rings. The molecule has 0 amide bonds. The first kappa shape index (κ1) is 18.7. The van der Waals surface area contributed by atoms with Crippen molar-refractivity contribution in [3.05, 3.63) is 96.0 Å². The molecule has 0 saturated heterocycles. The van der Waals surface area contributed by atoms with Crippen LogP contribution in [0.1, 0.15) is 11.1 Å². The molecule has 3 aromatic carbocycles. The Morgan fingerprint density at radius 1 is 0.875 bits per heavy atom. The van der Waals surface area contributed by atoms with Crippen molar-refractivity contribution in [2.24, 2.45) is 10.7 Å². The highest BCUT2D eigenvalue weighted by Gasteiger charge is 2.26. The number of H-pyrrole nitrogens is 2. The predicted molar refractivity (Wildman–Crippen MR) is 131 cm³/mol. The van der Waals surface area contributed by atoms with Crippen molar-refractivity contribution in [1.29, 1.82) is 0 Å². The van der Waals surface area contributed by atoms with Crippen molar-refractivity contribution in [3.63, 3.8) is 0 Å². The van der Waals surface area contributed by atoms with Gasteiger partial charge in [0.15, 0.2) is 5.79 Å². The Hall–Kier alpha value is -4.03. The third kappa shape index (κ3) is 3.40. The van der Waals surface area contributed by atoms with Crippen LogP contribution in [-0.4, -0.2) is 22.0 Å². The van der Waals surface area contributed by atoms with Gasteiger partial charge < -0.3 is 20.6 Å². The molecule has 0 fully saturated rings. The molecule has 0 saturated carbocycles. The topological polar surface area (TPSA) is 94.0 Å². The van der Waals surface area contributed by atoms with Crippen molar-refractivity contribution in [2.45, 2.75) is 18.8 Å². The smallest absolute Gasteiger partial charge is 0.187 e. The van der Waals surface area contributed by atoms with Gasteiger partial charge in [-0.25, -0.2) is 0 Å². The van der Waals surface area contributed by atoms with Crippen LogP contribution in [0.25, 0.3) is 32.7 Å². The Morgan fingerprint density at radius 2 is 1.72 bits per heavy atom. The zero-order valence-corrected chi connectivity index (χ0v) is 17.5. The maximum Gasteiger partial charge on any atom is 0.187 e. The number of fused-ring (bicyclic) bond motifs is 4. The van der Waals surface area contributed by atoms with E-state index in [1.54, 1.807) is 6.21 Å². The van der Waals surface area contributed by atoms with E-state index in [1.165, 1.54) is 21.7 Å². The molecule has 5 aromatic rings. The van der Waals surface area contributed by atoms with Gasteiger partial charge in [-0.15, -0.1) is 0 Å². The van der Waals surface area contributed by atoms with Crippen LogP contribution >= 0.6 is 0 Å². The number of aromatic nitrogens is 2. The molecule has 0 radical (unpaired) electrons. The van der Waals surface area contributed by atoms with Crippen LogP contribution in [0, 0.1) is 0 Å². The van der Waals surface area contributed by atoms with Gasteiger partial charge in [0.05, 0.1) is 0 Å². The first-order valence-corrected chi connectivity index (χ1v) is 10.8. The lowest BCUT2D eigenvalue weighted by Crippen LogP contribution is -2.56. The van der Waals surface area contributed by atoms with Gasteiger partial charge in [0, 0.05) is 52.7 Å². The predicted octanol–water partition coefficient (Wildman–Crippen LogP) is 4.26. The molecule has 6 nitrogen and oxygen atoms in total. The van der Waals surface area contributed by atoms with E-state index < -0.39 is 5.79 Å². The summed E-state index contributed by atoms with van der Waals surface area (Å²) < 4.78 is 0. The first-order valence-electron chi connectivity index (χ1n) is 10.8. The molecular weight excluding hydrogens is 396 g/mol. The van der Waals surface area contributed by atoms with Crippen molar-refractivity contribution in [3.8, 4) is 0 Å². The highest BCUT2D eigenvalue weighted by atomic mass is 15.3. The van der Waals surface area contributed by atoms with Gasteiger partial charge >= 0.3 is 0 Å². The number of hydrogen-bond donors (Lipinski definition) is 5. The normalized spacial score (nSPS) is 18.2. The average molecular weight is 421 g/mol. The van der Waals surface area contributed by atoms with Crippen LogP contribution in [0.2, 0.25) is 0 Å². The van der Waals surface area contributed by atoms with E-state index in [9.17, 15) is 0 Å². The van der Waals surface area contributed by atoms with Crippen molar-refractivity contribution < 1.29 is 0 Å². The Kier molecular flexibility index (Phi) is 4.26. The summed E-state index contributed by atoms with van der Waals surface area (Å²) in [6.07, 6.45) is 6.23. The fraction of sp³-hybridized carbons (Fsp3) is 0.115. The quantitative estimate of drug-likeness (QED) is 0.294. The summed E-state index contributed by atoms with van der Waals surface area (Å²) in [7, 11) is 0. The molecule has 6 rings (SSSR count). The number of nitrogens with zero attached hydrogens (tertiary/aromatic N) is 1. The van der Waals surface area contributed by atoms with Gasteiger partial charge in [0.2, 0.25) is 0 Å². The summed E-state index contributed by atoms with van der Waals surface area (Å²) in [6, 6.07) is 23.3. The first-order chi connectivity index (χ1) is 15.7. The molecule has 1 atom stereocenters. The molecule has 0 spiro atoms. The monoisotopic (exact) mass is 420 g/mol. The van der Waals surface area contributed by atoms with E-state index in [1.807, 2.05) is 12.3 Å². The second-order valence-corrected chi connectivity index (χ2v) is 8.39. The average Bonchev–Trinajstić information content (AvgIpc) is 3.41. The Morgan fingerprint density at radius 3 is 2.69 bits per heavy atom. The van der Waals surface area contributed by atoms with Gasteiger partial charge in [0.1, 0.15) is 5.82 Å². The lowest BCUT2D eigenvalue weighted by atomic mass is 10.0. The fourth-order valence-electron chi connectivity index (χ4n) is 4.47. The van der Waals surface area contributed by atoms with Crippen LogP contribution in [0.5, 0.6) is 0 Å². The van der Waals surface area contributed by atoms with Crippen LogP contribution in [0.15, 0.2) is 89.8 Å². The van der Waals surface area contributed by atoms with E-state index in [4.69, 9.17) is 5.73 Å². The number of benzene rings is 3. The molecule has 32 heavy (non-hydrogen) atoms. The third-order valence-electron chi connectivity index (χ3n) is 6.04. The summed E-state index contributed by atoms with van der Waals surface area (Å²) in [5, 5.41) is 10.5. The van der Waals surface area contributed by atoms with E-state index >= 15 is 0 Å². The molecule has 1 unspecified atom stereocenters. The zero-order chi connectivity index (χ0) is 21.5. The second-order valence-electron chi connectivity index (χ2n) is 8.39. The van der Waals surface area contributed by atoms with Gasteiger partial charge in [-0.1, -0.05) is 30.3 Å². The number of hydrogen-bond acceptors (Lipinski definition) is 4. The van der Waals surface area contributed by atoms with Crippen molar-refractivity contribution in [2.75, 3.05) is 0 Å². The fourth-order valence-corrected chi connectivity index (χ4v) is 4.47. The molecule has 6 heteroatoms. The number of para-hydroxylation sites is 1. The molecule has 0 aliphatic carbocycles. The van der Waals surface area contributed by atoms with Gasteiger partial charge in [-0.05, 0) is 59.0 Å². The van der Waals surface area contributed by atoms with Crippen LogP contribution in [0.3, 0.4) is 0 Å². The van der Waals surface area contributed by atoms with E-state index in [0.717, 1.165) is 27.9 Å². The lowest BCUT2D eigenvalue weighted by molar-refractivity contribution is 0.366. The van der Waals surface area contributed by atoms with Gasteiger partial charge in [0.25, 0.3) is 0 Å². The molecule has 2 aromatic heterocycles. The summed E-state index contributed by atoms with van der Waals surface area (Å²) in [5.74, 6) is -0.0220. The maximum atomic E-state index is 6.59. The minimum atomic E-state index is -0.887. The number of allylic oxidation sites excluding steroid dienone is 1. The molecule has 3 heterocycles.